The Morgan fingerprint density at radius 1 is 1.12 bits per heavy atom. The Balaban J connectivity index is 2.23. The lowest BCUT2D eigenvalue weighted by Gasteiger charge is -1.99. The Bertz CT molecular complexity index is 658. The maximum absolute atomic E-state index is 13.1. The fourth-order valence-electron chi connectivity index (χ4n) is 1.67. The van der Waals surface area contributed by atoms with Crippen LogP contribution < -0.4 is 0 Å². The topological polar surface area (TPSA) is 46.3 Å². The first-order chi connectivity index (χ1) is 8.24. The van der Waals surface area contributed by atoms with Crippen LogP contribution in [-0.4, -0.2) is 10.1 Å². The van der Waals surface area contributed by atoms with Crippen molar-refractivity contribution in [3.8, 4) is 17.2 Å². The van der Waals surface area contributed by atoms with Crippen molar-refractivity contribution in [1.82, 2.24) is 4.98 Å². The number of hydrogen-bond donors (Lipinski definition) is 1. The van der Waals surface area contributed by atoms with Gasteiger partial charge in [-0.25, -0.2) is 9.37 Å². The third kappa shape index (κ3) is 1.63. The van der Waals surface area contributed by atoms with Gasteiger partial charge in [-0.05, 0) is 30.3 Å². The van der Waals surface area contributed by atoms with Crippen LogP contribution in [0.25, 0.3) is 22.6 Å². The monoisotopic (exact) mass is 229 g/mol. The molecule has 0 radical (unpaired) electrons. The van der Waals surface area contributed by atoms with E-state index < -0.39 is 5.82 Å². The molecule has 1 N–H and O–H groups in total. The molecule has 3 nitrogen and oxygen atoms in total. The molecule has 1 heterocycles. The zero-order valence-corrected chi connectivity index (χ0v) is 8.72. The number of para-hydroxylation sites is 2. The molecule has 0 aliphatic rings. The highest BCUT2D eigenvalue weighted by Gasteiger charge is 2.12. The molecule has 0 amide bonds. The molecule has 2 aromatic carbocycles. The molecule has 1 aromatic heterocycles. The number of phenols is 1. The summed E-state index contributed by atoms with van der Waals surface area (Å²) in [7, 11) is 0. The Morgan fingerprint density at radius 3 is 2.76 bits per heavy atom. The Kier molecular flexibility index (Phi) is 2.08. The molecule has 0 atom stereocenters. The highest BCUT2D eigenvalue weighted by molar-refractivity contribution is 5.77. The average molecular weight is 229 g/mol. The van der Waals surface area contributed by atoms with E-state index in [4.69, 9.17) is 4.42 Å². The van der Waals surface area contributed by atoms with Crippen LogP contribution in [0, 0.1) is 5.82 Å². The van der Waals surface area contributed by atoms with E-state index in [0.717, 1.165) is 0 Å². The van der Waals surface area contributed by atoms with Gasteiger partial charge in [0, 0.05) is 0 Å². The summed E-state index contributed by atoms with van der Waals surface area (Å²) >= 11 is 0. The summed E-state index contributed by atoms with van der Waals surface area (Å²) < 4.78 is 18.6. The number of hydrogen-bond acceptors (Lipinski definition) is 3. The van der Waals surface area contributed by atoms with Gasteiger partial charge in [0.25, 0.3) is 0 Å². The highest BCUT2D eigenvalue weighted by atomic mass is 19.1. The van der Waals surface area contributed by atoms with Crippen LogP contribution in [0.1, 0.15) is 0 Å². The van der Waals surface area contributed by atoms with Crippen LogP contribution in [0.5, 0.6) is 5.75 Å². The fraction of sp³-hybridized carbons (Fsp3) is 0. The minimum absolute atomic E-state index is 0.0574. The second-order valence-corrected chi connectivity index (χ2v) is 3.65. The standard InChI is InChI=1S/C13H8FNO2/c14-8-5-6-11(16)9(7-8)13-15-10-3-1-2-4-12(10)17-13/h1-7,16H. The first kappa shape index (κ1) is 9.84. The molecule has 0 aliphatic carbocycles. The van der Waals surface area contributed by atoms with Crippen molar-refractivity contribution in [2.24, 2.45) is 0 Å². The van der Waals surface area contributed by atoms with Gasteiger partial charge in [-0.3, -0.25) is 0 Å². The quantitative estimate of drug-likeness (QED) is 0.696. The van der Waals surface area contributed by atoms with Gasteiger partial charge < -0.3 is 9.52 Å². The van der Waals surface area contributed by atoms with Crippen LogP contribution >= 0.6 is 0 Å². The van der Waals surface area contributed by atoms with Crippen LogP contribution in [0.15, 0.2) is 46.9 Å². The summed E-state index contributed by atoms with van der Waals surface area (Å²) in [5.74, 6) is -0.291. The zero-order valence-electron chi connectivity index (χ0n) is 8.72. The molecule has 0 saturated heterocycles. The fourth-order valence-corrected chi connectivity index (χ4v) is 1.67. The lowest BCUT2D eigenvalue weighted by molar-refractivity contribution is 0.472. The molecule has 0 unspecified atom stereocenters. The molecular formula is C13H8FNO2. The summed E-state index contributed by atoms with van der Waals surface area (Å²) in [6.45, 7) is 0. The largest absolute Gasteiger partial charge is 0.507 e. The van der Waals surface area contributed by atoms with E-state index in [2.05, 4.69) is 4.98 Å². The number of fused-ring (bicyclic) bond motifs is 1. The second-order valence-electron chi connectivity index (χ2n) is 3.65. The normalized spacial score (nSPS) is 10.9. The summed E-state index contributed by atoms with van der Waals surface area (Å²) in [4.78, 5) is 4.19. The highest BCUT2D eigenvalue weighted by Crippen LogP contribution is 2.31. The maximum Gasteiger partial charge on any atom is 0.231 e. The molecule has 3 aromatic rings. The number of benzene rings is 2. The van der Waals surface area contributed by atoms with E-state index in [1.54, 1.807) is 12.1 Å². The van der Waals surface area contributed by atoms with Gasteiger partial charge in [0.2, 0.25) is 5.89 Å². The van der Waals surface area contributed by atoms with Crippen molar-refractivity contribution in [3.05, 3.63) is 48.3 Å². The molecular weight excluding hydrogens is 221 g/mol. The van der Waals surface area contributed by atoms with Crippen molar-refractivity contribution in [1.29, 1.82) is 0 Å². The lowest BCUT2D eigenvalue weighted by atomic mass is 10.2. The van der Waals surface area contributed by atoms with Crippen molar-refractivity contribution >= 4 is 11.1 Å². The molecule has 0 aliphatic heterocycles. The number of nitrogens with zero attached hydrogens (tertiary/aromatic N) is 1. The minimum Gasteiger partial charge on any atom is -0.507 e. The minimum atomic E-state index is -0.444. The second kappa shape index (κ2) is 3.59. The predicted octanol–water partition coefficient (Wildman–Crippen LogP) is 3.34. The van der Waals surface area contributed by atoms with Crippen molar-refractivity contribution < 1.29 is 13.9 Å². The Morgan fingerprint density at radius 2 is 1.94 bits per heavy atom. The van der Waals surface area contributed by atoms with E-state index in [1.807, 2.05) is 12.1 Å². The van der Waals surface area contributed by atoms with Gasteiger partial charge in [-0.1, -0.05) is 12.1 Å². The first-order valence-electron chi connectivity index (χ1n) is 5.08. The third-order valence-electron chi connectivity index (χ3n) is 2.48. The summed E-state index contributed by atoms with van der Waals surface area (Å²) in [6, 6.07) is 10.9. The van der Waals surface area contributed by atoms with E-state index in [0.29, 0.717) is 11.1 Å². The average Bonchev–Trinajstić information content (AvgIpc) is 2.75. The van der Waals surface area contributed by atoms with Gasteiger partial charge in [0.05, 0.1) is 5.56 Å². The number of aromatic hydroxyl groups is 1. The summed E-state index contributed by atoms with van der Waals surface area (Å²) in [5.41, 5.74) is 1.53. The third-order valence-corrected chi connectivity index (χ3v) is 2.48. The molecule has 3 rings (SSSR count). The Hall–Kier alpha value is -2.36. The van der Waals surface area contributed by atoms with E-state index in [9.17, 15) is 9.50 Å². The summed E-state index contributed by atoms with van der Waals surface area (Å²) in [5, 5.41) is 9.65. The number of phenolic OH excluding ortho intramolecular Hbond substituents is 1. The Labute approximate surface area is 96.1 Å². The molecule has 17 heavy (non-hydrogen) atoms. The molecule has 84 valence electrons. The maximum atomic E-state index is 13.1. The number of aromatic nitrogens is 1. The van der Waals surface area contributed by atoms with E-state index >= 15 is 0 Å². The van der Waals surface area contributed by atoms with Crippen LogP contribution in [-0.2, 0) is 0 Å². The zero-order chi connectivity index (χ0) is 11.8. The van der Waals surface area contributed by atoms with Crippen molar-refractivity contribution in [2.45, 2.75) is 0 Å². The van der Waals surface area contributed by atoms with Crippen molar-refractivity contribution in [2.75, 3.05) is 0 Å². The molecule has 0 spiro atoms. The van der Waals surface area contributed by atoms with Gasteiger partial charge in [-0.2, -0.15) is 0 Å². The predicted molar refractivity (Wildman–Crippen MR) is 61.1 cm³/mol. The SMILES string of the molecule is Oc1ccc(F)cc1-c1nc2ccccc2o1. The van der Waals surface area contributed by atoms with Gasteiger partial charge in [-0.15, -0.1) is 0 Å². The van der Waals surface area contributed by atoms with Gasteiger partial charge in [0.1, 0.15) is 17.1 Å². The number of oxazole rings is 1. The smallest absolute Gasteiger partial charge is 0.231 e. The molecule has 0 bridgehead atoms. The molecule has 0 fully saturated rings. The van der Waals surface area contributed by atoms with Crippen LogP contribution in [0.3, 0.4) is 0 Å². The van der Waals surface area contributed by atoms with Crippen LogP contribution in [0.4, 0.5) is 4.39 Å². The van der Waals surface area contributed by atoms with Gasteiger partial charge in [0.15, 0.2) is 5.58 Å². The van der Waals surface area contributed by atoms with Crippen molar-refractivity contribution in [3.63, 3.8) is 0 Å². The van der Waals surface area contributed by atoms with E-state index in [-0.39, 0.29) is 17.2 Å². The summed E-state index contributed by atoms with van der Waals surface area (Å²) in [6.07, 6.45) is 0. The number of rotatable bonds is 1. The molecule has 4 heteroatoms. The van der Waals surface area contributed by atoms with Gasteiger partial charge >= 0.3 is 0 Å². The lowest BCUT2D eigenvalue weighted by Crippen LogP contribution is -1.81. The first-order valence-corrected chi connectivity index (χ1v) is 5.08. The molecule has 0 saturated carbocycles. The van der Waals surface area contributed by atoms with Crippen LogP contribution in [0.2, 0.25) is 0 Å². The number of halogens is 1. The van der Waals surface area contributed by atoms with E-state index in [1.165, 1.54) is 18.2 Å².